The van der Waals surface area contributed by atoms with Gasteiger partial charge in [-0.15, -0.1) is 0 Å². The standard InChI is InChI=1S/C20H24N2O2.2C6HF5O/c1-11-7-13(3)17(14(4)8-11)21-19(23)20(24)22-18-15(5)9-12(2)10-16(18)6;2*7-1-2(8)4(10)6(12)5(11)3(1)9/h7-10H,1-6H3,(H,21,23)(H,22,24);2*12H. The number of aryl methyl sites for hydroxylation is 6. The number of hydrogen-bond acceptors (Lipinski definition) is 4. The molecule has 6 nitrogen and oxygen atoms in total. The first-order valence-corrected chi connectivity index (χ1v) is 13.3. The van der Waals surface area contributed by atoms with Crippen LogP contribution in [0.4, 0.5) is 55.3 Å². The molecule has 2 amide bonds. The highest BCUT2D eigenvalue weighted by molar-refractivity contribution is 6.44. The van der Waals surface area contributed by atoms with Gasteiger partial charge in [0.1, 0.15) is 0 Å². The molecule has 16 heteroatoms. The van der Waals surface area contributed by atoms with Gasteiger partial charge >= 0.3 is 11.8 Å². The Bertz CT molecular complexity index is 1520. The van der Waals surface area contributed by atoms with Crippen LogP contribution in [0.5, 0.6) is 11.5 Å². The Balaban J connectivity index is 0.000000279. The molecule has 0 unspecified atom stereocenters. The van der Waals surface area contributed by atoms with E-state index in [1.807, 2.05) is 65.8 Å². The van der Waals surface area contributed by atoms with E-state index < -0.39 is 81.5 Å². The molecule has 0 aliphatic heterocycles. The molecule has 4 aromatic rings. The molecule has 0 aromatic heterocycles. The van der Waals surface area contributed by atoms with Gasteiger partial charge in [0.25, 0.3) is 0 Å². The molecular weight excluding hydrogens is 666 g/mol. The van der Waals surface area contributed by atoms with Crippen molar-refractivity contribution in [2.45, 2.75) is 41.5 Å². The maximum Gasteiger partial charge on any atom is 0.314 e. The average Bonchev–Trinajstić information content (AvgIpc) is 3.02. The van der Waals surface area contributed by atoms with Crippen LogP contribution in [0.3, 0.4) is 0 Å². The van der Waals surface area contributed by atoms with Gasteiger partial charge in [0, 0.05) is 11.4 Å². The van der Waals surface area contributed by atoms with Gasteiger partial charge in [-0.3, -0.25) is 9.59 Å². The predicted octanol–water partition coefficient (Wildman–Crippen LogP) is 8.29. The first kappa shape index (κ1) is 38.9. The Kier molecular flexibility index (Phi) is 12.6. The normalized spacial score (nSPS) is 10.4. The summed E-state index contributed by atoms with van der Waals surface area (Å²) in [7, 11) is 0. The monoisotopic (exact) mass is 692 g/mol. The zero-order valence-corrected chi connectivity index (χ0v) is 25.8. The number of phenolic OH excluding ortho intramolecular Hbond substituents is 2. The molecule has 48 heavy (non-hydrogen) atoms. The van der Waals surface area contributed by atoms with E-state index in [9.17, 15) is 53.5 Å². The molecule has 258 valence electrons. The van der Waals surface area contributed by atoms with Crippen LogP contribution in [0.15, 0.2) is 24.3 Å². The summed E-state index contributed by atoms with van der Waals surface area (Å²) in [5.74, 6) is -27.2. The first-order valence-electron chi connectivity index (χ1n) is 13.3. The van der Waals surface area contributed by atoms with Crippen LogP contribution >= 0.6 is 0 Å². The molecule has 0 saturated carbocycles. The van der Waals surface area contributed by atoms with E-state index in [0.29, 0.717) is 11.4 Å². The summed E-state index contributed by atoms with van der Waals surface area (Å²) in [5, 5.41) is 22.0. The maximum atomic E-state index is 12.3. The molecule has 0 fully saturated rings. The van der Waals surface area contributed by atoms with Crippen LogP contribution in [0.2, 0.25) is 0 Å². The lowest BCUT2D eigenvalue weighted by molar-refractivity contribution is -0.133. The van der Waals surface area contributed by atoms with E-state index in [4.69, 9.17) is 10.2 Å². The summed E-state index contributed by atoms with van der Waals surface area (Å²) in [6.45, 7) is 11.7. The van der Waals surface area contributed by atoms with E-state index in [2.05, 4.69) is 10.6 Å². The molecule has 0 aliphatic carbocycles. The fourth-order valence-electron chi connectivity index (χ4n) is 4.28. The van der Waals surface area contributed by atoms with Gasteiger partial charge < -0.3 is 20.8 Å². The number of benzene rings is 4. The molecular formula is C32H26F10N2O4. The van der Waals surface area contributed by atoms with Crippen molar-refractivity contribution in [2.24, 2.45) is 0 Å². The smallest absolute Gasteiger partial charge is 0.314 e. The van der Waals surface area contributed by atoms with Crippen LogP contribution in [0.1, 0.15) is 33.4 Å². The Morgan fingerprint density at radius 1 is 0.417 bits per heavy atom. The third-order valence-electron chi connectivity index (χ3n) is 6.41. The summed E-state index contributed by atoms with van der Waals surface area (Å²) in [6.07, 6.45) is 0. The molecule has 0 saturated heterocycles. The fourth-order valence-corrected chi connectivity index (χ4v) is 4.28. The highest BCUT2D eigenvalue weighted by Gasteiger charge is 2.26. The van der Waals surface area contributed by atoms with Gasteiger partial charge in [-0.1, -0.05) is 35.4 Å². The number of carbonyl (C=O) groups is 2. The quantitative estimate of drug-likeness (QED) is 0.0736. The third-order valence-corrected chi connectivity index (χ3v) is 6.41. The number of rotatable bonds is 2. The summed E-state index contributed by atoms with van der Waals surface area (Å²) >= 11 is 0. The molecule has 4 rings (SSSR count). The third kappa shape index (κ3) is 8.54. The summed E-state index contributed by atoms with van der Waals surface area (Å²) in [4.78, 5) is 24.5. The topological polar surface area (TPSA) is 98.7 Å². The van der Waals surface area contributed by atoms with Crippen molar-refractivity contribution < 1.29 is 63.7 Å². The Morgan fingerprint density at radius 2 is 0.604 bits per heavy atom. The lowest BCUT2D eigenvalue weighted by Crippen LogP contribution is -2.30. The minimum Gasteiger partial charge on any atom is -0.503 e. The lowest BCUT2D eigenvalue weighted by Gasteiger charge is -2.15. The van der Waals surface area contributed by atoms with Crippen molar-refractivity contribution >= 4 is 23.2 Å². The molecule has 0 atom stereocenters. The minimum atomic E-state index is -2.29. The zero-order chi connectivity index (χ0) is 36.9. The first-order chi connectivity index (χ1) is 22.1. The molecule has 0 radical (unpaired) electrons. The number of carbonyl (C=O) groups excluding carboxylic acids is 2. The number of halogens is 10. The van der Waals surface area contributed by atoms with E-state index in [1.165, 1.54) is 0 Å². The van der Waals surface area contributed by atoms with E-state index in [-0.39, 0.29) is 0 Å². The number of amides is 2. The van der Waals surface area contributed by atoms with Crippen LogP contribution < -0.4 is 10.6 Å². The van der Waals surface area contributed by atoms with E-state index in [0.717, 1.165) is 33.4 Å². The van der Waals surface area contributed by atoms with Crippen LogP contribution in [0, 0.1) is 99.7 Å². The van der Waals surface area contributed by atoms with Gasteiger partial charge in [0.05, 0.1) is 0 Å². The molecule has 0 aliphatic rings. The zero-order valence-electron chi connectivity index (χ0n) is 25.8. The van der Waals surface area contributed by atoms with Gasteiger partial charge in [-0.05, 0) is 63.8 Å². The second-order valence-electron chi connectivity index (χ2n) is 10.3. The second-order valence-corrected chi connectivity index (χ2v) is 10.3. The maximum absolute atomic E-state index is 12.3. The predicted molar refractivity (Wildman–Crippen MR) is 154 cm³/mol. The van der Waals surface area contributed by atoms with Crippen LogP contribution in [-0.2, 0) is 9.59 Å². The van der Waals surface area contributed by atoms with Crippen molar-refractivity contribution in [2.75, 3.05) is 10.6 Å². The Morgan fingerprint density at radius 3 is 0.812 bits per heavy atom. The van der Waals surface area contributed by atoms with Gasteiger partial charge in [-0.2, -0.15) is 17.6 Å². The summed E-state index contributed by atoms with van der Waals surface area (Å²) < 4.78 is 121. The number of hydrogen-bond donors (Lipinski definition) is 4. The minimum absolute atomic E-state index is 0.663. The van der Waals surface area contributed by atoms with Gasteiger partial charge in [0.15, 0.2) is 11.5 Å². The van der Waals surface area contributed by atoms with Crippen LogP contribution in [0.25, 0.3) is 0 Å². The molecule has 0 heterocycles. The van der Waals surface area contributed by atoms with Crippen molar-refractivity contribution in [1.29, 1.82) is 0 Å². The largest absolute Gasteiger partial charge is 0.503 e. The lowest BCUT2D eigenvalue weighted by atomic mass is 10.0. The van der Waals surface area contributed by atoms with Crippen molar-refractivity contribution in [3.8, 4) is 11.5 Å². The highest BCUT2D eigenvalue weighted by atomic mass is 19.2. The van der Waals surface area contributed by atoms with E-state index >= 15 is 0 Å². The van der Waals surface area contributed by atoms with Crippen molar-refractivity contribution in [1.82, 2.24) is 0 Å². The van der Waals surface area contributed by atoms with E-state index in [1.54, 1.807) is 0 Å². The van der Waals surface area contributed by atoms with Gasteiger partial charge in [-0.25, -0.2) is 26.3 Å². The van der Waals surface area contributed by atoms with Crippen LogP contribution in [-0.4, -0.2) is 22.0 Å². The molecule has 4 aromatic carbocycles. The number of anilines is 2. The number of phenols is 2. The Hall–Kier alpha value is -5.28. The Labute approximate surface area is 266 Å². The molecule has 0 spiro atoms. The highest BCUT2D eigenvalue weighted by Crippen LogP contribution is 2.29. The van der Waals surface area contributed by atoms with Crippen molar-refractivity contribution in [3.63, 3.8) is 0 Å². The molecule has 0 bridgehead atoms. The summed E-state index contributed by atoms with van der Waals surface area (Å²) in [5.41, 5.74) is 7.40. The number of aromatic hydroxyl groups is 2. The second kappa shape index (κ2) is 15.5. The summed E-state index contributed by atoms with van der Waals surface area (Å²) in [6, 6.07) is 7.92. The average molecular weight is 693 g/mol. The van der Waals surface area contributed by atoms with Crippen molar-refractivity contribution in [3.05, 3.63) is 116 Å². The molecule has 4 N–H and O–H groups in total. The van der Waals surface area contributed by atoms with Gasteiger partial charge in [0.2, 0.25) is 58.2 Å². The fraction of sp³-hybridized carbons (Fsp3) is 0.188. The SMILES string of the molecule is Cc1cc(C)c(NC(=O)C(=O)Nc2c(C)cc(C)cc2C)c(C)c1.Oc1c(F)c(F)c(F)c(F)c1F.Oc1c(F)c(F)c(F)c(F)c1F. The number of nitrogens with one attached hydrogen (secondary N) is 2.